The van der Waals surface area contributed by atoms with E-state index >= 15 is 0 Å². The summed E-state index contributed by atoms with van der Waals surface area (Å²) in [6.07, 6.45) is 2.91. The lowest BCUT2D eigenvalue weighted by Crippen LogP contribution is -2.25. The van der Waals surface area contributed by atoms with Crippen molar-refractivity contribution in [3.63, 3.8) is 0 Å². The third-order valence-corrected chi connectivity index (χ3v) is 4.44. The molecule has 0 saturated carbocycles. The standard InChI is InChI=1S/C20H22N2O3/c1-21-19(23)13-25-16-9-5-8-15(12-16)22-20(24)18-11-4-7-14-6-2-3-10-17(14)18/h2-3,5-6,8-10,12,18H,4,7,11,13H2,1H3,(H,21,23)(H,22,24). The highest BCUT2D eigenvalue weighted by Gasteiger charge is 2.26. The van der Waals surface area contributed by atoms with Crippen LogP contribution in [0.5, 0.6) is 5.75 Å². The number of nitrogens with one attached hydrogen (secondary N) is 2. The van der Waals surface area contributed by atoms with Crippen LogP contribution >= 0.6 is 0 Å². The van der Waals surface area contributed by atoms with Crippen LogP contribution in [0.4, 0.5) is 5.69 Å². The number of hydrogen-bond donors (Lipinski definition) is 2. The lowest BCUT2D eigenvalue weighted by molar-refractivity contribution is -0.122. The van der Waals surface area contributed by atoms with Crippen LogP contribution in [0.3, 0.4) is 0 Å². The van der Waals surface area contributed by atoms with Gasteiger partial charge in [0.15, 0.2) is 6.61 Å². The van der Waals surface area contributed by atoms with Gasteiger partial charge in [-0.2, -0.15) is 0 Å². The summed E-state index contributed by atoms with van der Waals surface area (Å²) in [7, 11) is 1.56. The van der Waals surface area contributed by atoms with Gasteiger partial charge in [0.05, 0.1) is 5.92 Å². The Labute approximate surface area is 147 Å². The summed E-state index contributed by atoms with van der Waals surface area (Å²) in [5.74, 6) is 0.217. The van der Waals surface area contributed by atoms with Gasteiger partial charge in [-0.3, -0.25) is 9.59 Å². The quantitative estimate of drug-likeness (QED) is 0.881. The third-order valence-electron chi connectivity index (χ3n) is 4.44. The van der Waals surface area contributed by atoms with E-state index in [-0.39, 0.29) is 24.3 Å². The molecule has 2 amide bonds. The molecule has 1 atom stereocenters. The molecule has 0 aromatic heterocycles. The molecule has 0 saturated heterocycles. The van der Waals surface area contributed by atoms with E-state index in [4.69, 9.17) is 4.74 Å². The maximum Gasteiger partial charge on any atom is 0.257 e. The number of anilines is 1. The monoisotopic (exact) mass is 338 g/mol. The molecule has 0 spiro atoms. The van der Waals surface area contributed by atoms with E-state index in [1.165, 1.54) is 5.56 Å². The van der Waals surface area contributed by atoms with Gasteiger partial charge in [0.2, 0.25) is 5.91 Å². The van der Waals surface area contributed by atoms with Crippen LogP contribution in [0, 0.1) is 0 Å². The van der Waals surface area contributed by atoms with E-state index in [0.717, 1.165) is 24.8 Å². The predicted octanol–water partition coefficient (Wildman–Crippen LogP) is 2.87. The Kier molecular flexibility index (Phi) is 5.33. The van der Waals surface area contributed by atoms with Crippen LogP contribution in [0.25, 0.3) is 0 Å². The Balaban J connectivity index is 1.68. The van der Waals surface area contributed by atoms with Gasteiger partial charge >= 0.3 is 0 Å². The van der Waals surface area contributed by atoms with Crippen molar-refractivity contribution >= 4 is 17.5 Å². The number of benzene rings is 2. The largest absolute Gasteiger partial charge is 0.484 e. The SMILES string of the molecule is CNC(=O)COc1cccc(NC(=O)C2CCCc3ccccc32)c1. The first-order valence-corrected chi connectivity index (χ1v) is 8.49. The smallest absolute Gasteiger partial charge is 0.257 e. The second kappa shape index (κ2) is 7.83. The van der Waals surface area contributed by atoms with Crippen molar-refractivity contribution in [3.8, 4) is 5.75 Å². The van der Waals surface area contributed by atoms with E-state index in [1.807, 2.05) is 24.3 Å². The molecule has 2 N–H and O–H groups in total. The Morgan fingerprint density at radius 2 is 2.00 bits per heavy atom. The highest BCUT2D eigenvalue weighted by Crippen LogP contribution is 2.32. The summed E-state index contributed by atoms with van der Waals surface area (Å²) in [5.41, 5.74) is 3.05. The number of aryl methyl sites for hydroxylation is 1. The van der Waals surface area contributed by atoms with Crippen LogP contribution in [0.15, 0.2) is 48.5 Å². The number of likely N-dealkylation sites (N-methyl/N-ethyl adjacent to an activating group) is 1. The molecule has 0 aliphatic heterocycles. The van der Waals surface area contributed by atoms with Crippen molar-refractivity contribution in [2.45, 2.75) is 25.2 Å². The van der Waals surface area contributed by atoms with E-state index in [0.29, 0.717) is 11.4 Å². The van der Waals surface area contributed by atoms with Crippen molar-refractivity contribution in [3.05, 3.63) is 59.7 Å². The second-order valence-corrected chi connectivity index (χ2v) is 6.12. The molecule has 25 heavy (non-hydrogen) atoms. The van der Waals surface area contributed by atoms with E-state index < -0.39 is 0 Å². The number of carbonyl (C=O) groups excluding carboxylic acids is 2. The Morgan fingerprint density at radius 3 is 2.84 bits per heavy atom. The molecular formula is C20H22N2O3. The molecule has 130 valence electrons. The van der Waals surface area contributed by atoms with Gasteiger partial charge in [-0.15, -0.1) is 0 Å². The zero-order chi connectivity index (χ0) is 17.6. The van der Waals surface area contributed by atoms with Crippen LogP contribution in [0.2, 0.25) is 0 Å². The summed E-state index contributed by atoms with van der Waals surface area (Å²) in [6.45, 7) is -0.0517. The number of ether oxygens (including phenoxy) is 1. The number of amides is 2. The fourth-order valence-electron chi connectivity index (χ4n) is 3.14. The summed E-state index contributed by atoms with van der Waals surface area (Å²) >= 11 is 0. The molecule has 1 aliphatic rings. The predicted molar refractivity (Wildman–Crippen MR) is 96.8 cm³/mol. The van der Waals surface area contributed by atoms with Crippen LogP contribution in [-0.4, -0.2) is 25.5 Å². The van der Waals surface area contributed by atoms with Crippen LogP contribution < -0.4 is 15.4 Å². The molecule has 0 heterocycles. The van der Waals surface area contributed by atoms with Gasteiger partial charge in [-0.05, 0) is 42.5 Å². The summed E-state index contributed by atoms with van der Waals surface area (Å²) in [5, 5.41) is 5.48. The molecule has 1 aliphatic carbocycles. The number of carbonyl (C=O) groups is 2. The van der Waals surface area contributed by atoms with Gasteiger partial charge in [-0.25, -0.2) is 0 Å². The molecule has 5 nitrogen and oxygen atoms in total. The van der Waals surface area contributed by atoms with Crippen LogP contribution in [0.1, 0.15) is 29.9 Å². The van der Waals surface area contributed by atoms with Gasteiger partial charge in [0, 0.05) is 18.8 Å². The van der Waals surface area contributed by atoms with Gasteiger partial charge in [-0.1, -0.05) is 30.3 Å². The molecule has 2 aromatic carbocycles. The lowest BCUT2D eigenvalue weighted by atomic mass is 9.82. The maximum atomic E-state index is 12.7. The fraction of sp³-hybridized carbons (Fsp3) is 0.300. The molecule has 0 bridgehead atoms. The summed E-state index contributed by atoms with van der Waals surface area (Å²) in [6, 6.07) is 15.3. The van der Waals surface area contributed by atoms with Gasteiger partial charge in [0.25, 0.3) is 5.91 Å². The van der Waals surface area contributed by atoms with Crippen LogP contribution in [-0.2, 0) is 16.0 Å². The topological polar surface area (TPSA) is 67.4 Å². The van der Waals surface area contributed by atoms with E-state index in [2.05, 4.69) is 16.7 Å². The minimum atomic E-state index is -0.201. The minimum Gasteiger partial charge on any atom is -0.484 e. The zero-order valence-electron chi connectivity index (χ0n) is 14.2. The van der Waals surface area contributed by atoms with E-state index in [1.54, 1.807) is 25.2 Å². The fourth-order valence-corrected chi connectivity index (χ4v) is 3.14. The minimum absolute atomic E-state index is 0.00407. The Hall–Kier alpha value is -2.82. The highest BCUT2D eigenvalue weighted by atomic mass is 16.5. The molecule has 1 unspecified atom stereocenters. The van der Waals surface area contributed by atoms with Crippen molar-refractivity contribution in [1.29, 1.82) is 0 Å². The van der Waals surface area contributed by atoms with Gasteiger partial charge in [0.1, 0.15) is 5.75 Å². The first-order valence-electron chi connectivity index (χ1n) is 8.49. The molecule has 5 heteroatoms. The maximum absolute atomic E-state index is 12.7. The molecule has 0 fully saturated rings. The second-order valence-electron chi connectivity index (χ2n) is 6.12. The Morgan fingerprint density at radius 1 is 1.16 bits per heavy atom. The zero-order valence-corrected chi connectivity index (χ0v) is 14.2. The van der Waals surface area contributed by atoms with Gasteiger partial charge < -0.3 is 15.4 Å². The molecular weight excluding hydrogens is 316 g/mol. The normalized spacial score (nSPS) is 15.8. The van der Waals surface area contributed by atoms with Crippen molar-refractivity contribution in [2.75, 3.05) is 19.0 Å². The summed E-state index contributed by atoms with van der Waals surface area (Å²) in [4.78, 5) is 24.0. The number of rotatable bonds is 5. The molecule has 0 radical (unpaired) electrons. The van der Waals surface area contributed by atoms with Crippen molar-refractivity contribution in [2.24, 2.45) is 0 Å². The Bertz CT molecular complexity index is 773. The highest BCUT2D eigenvalue weighted by molar-refractivity contribution is 5.96. The first-order chi connectivity index (χ1) is 12.2. The van der Waals surface area contributed by atoms with Crippen molar-refractivity contribution < 1.29 is 14.3 Å². The van der Waals surface area contributed by atoms with Crippen molar-refractivity contribution in [1.82, 2.24) is 5.32 Å². The number of fused-ring (bicyclic) bond motifs is 1. The van der Waals surface area contributed by atoms with E-state index in [9.17, 15) is 9.59 Å². The first kappa shape index (κ1) is 17.0. The average Bonchev–Trinajstić information content (AvgIpc) is 2.65. The lowest BCUT2D eigenvalue weighted by Gasteiger charge is -2.24. The number of hydrogen-bond acceptors (Lipinski definition) is 3. The summed E-state index contributed by atoms with van der Waals surface area (Å²) < 4.78 is 5.42. The molecule has 2 aromatic rings. The molecule has 3 rings (SSSR count). The third kappa shape index (κ3) is 4.18. The average molecular weight is 338 g/mol.